The van der Waals surface area contributed by atoms with Crippen molar-refractivity contribution in [1.82, 2.24) is 0 Å². The van der Waals surface area contributed by atoms with E-state index in [2.05, 4.69) is 13.8 Å². The molecule has 154 valence electrons. The third-order valence-corrected chi connectivity index (χ3v) is 7.97. The second kappa shape index (κ2) is 6.88. The van der Waals surface area contributed by atoms with E-state index >= 15 is 0 Å². The zero-order chi connectivity index (χ0) is 18.8. The van der Waals surface area contributed by atoms with Gasteiger partial charge in [0, 0.05) is 0 Å². The number of rotatable bonds is 4. The summed E-state index contributed by atoms with van der Waals surface area (Å²) in [5, 5.41) is 0. The fraction of sp³-hybridized carbons (Fsp3) is 1.00. The molecular formula is C20H32F6. The summed E-state index contributed by atoms with van der Waals surface area (Å²) in [5.41, 5.74) is -3.54. The Bertz CT molecular complexity index is 480. The van der Waals surface area contributed by atoms with Crippen LogP contribution < -0.4 is 0 Å². The molecule has 0 nitrogen and oxygen atoms in total. The van der Waals surface area contributed by atoms with E-state index in [0.29, 0.717) is 36.0 Å². The van der Waals surface area contributed by atoms with Crippen LogP contribution >= 0.6 is 0 Å². The SMILES string of the molecule is C.CCC1CC(C)C2C3CC(CC3CC(CC)(C(F)(F)F)C(F)(F)F)C12. The molecule has 0 aromatic heterocycles. The molecule has 26 heavy (non-hydrogen) atoms. The molecule has 3 fully saturated rings. The van der Waals surface area contributed by atoms with Crippen molar-refractivity contribution in [3.05, 3.63) is 0 Å². The monoisotopic (exact) mass is 386 g/mol. The van der Waals surface area contributed by atoms with Gasteiger partial charge in [0.05, 0.1) is 0 Å². The van der Waals surface area contributed by atoms with Crippen LogP contribution in [0.5, 0.6) is 0 Å². The third-order valence-electron chi connectivity index (χ3n) is 7.97. The smallest absolute Gasteiger partial charge is 0.170 e. The zero-order valence-corrected chi connectivity index (χ0v) is 15.1. The van der Waals surface area contributed by atoms with Crippen molar-refractivity contribution in [2.75, 3.05) is 0 Å². The van der Waals surface area contributed by atoms with Crippen LogP contribution in [0.1, 0.15) is 66.7 Å². The average Bonchev–Trinajstić information content (AvgIpc) is 3.13. The first kappa shape index (κ1) is 21.9. The van der Waals surface area contributed by atoms with Gasteiger partial charge in [-0.05, 0) is 73.5 Å². The standard InChI is InChI=1S/C19H28F6.CH4/c1-4-11-6-10(3)15-14-8-12(16(11)15)7-13(14)9-17(5-2,18(20,21)22)19(23,24)25;/h10-16H,4-9H2,1-3H3;1H4. The normalized spacial score (nSPS) is 39.8. The molecule has 0 aliphatic heterocycles. The summed E-state index contributed by atoms with van der Waals surface area (Å²) in [6.07, 6.45) is -8.62. The fourth-order valence-electron chi connectivity index (χ4n) is 6.94. The van der Waals surface area contributed by atoms with Crippen molar-refractivity contribution in [2.24, 2.45) is 46.8 Å². The summed E-state index contributed by atoms with van der Waals surface area (Å²) in [7, 11) is 0. The Balaban J connectivity index is 0.00000243. The number of alkyl halides is 6. The predicted octanol–water partition coefficient (Wildman–Crippen LogP) is 7.49. The van der Waals surface area contributed by atoms with E-state index in [0.717, 1.165) is 26.2 Å². The molecule has 0 heterocycles. The molecule has 0 saturated heterocycles. The maximum atomic E-state index is 13.5. The summed E-state index contributed by atoms with van der Waals surface area (Å²) in [4.78, 5) is 0. The van der Waals surface area contributed by atoms with E-state index < -0.39 is 36.5 Å². The molecule has 0 amide bonds. The molecule has 2 bridgehead atoms. The average molecular weight is 386 g/mol. The first-order valence-electron chi connectivity index (χ1n) is 9.60. The summed E-state index contributed by atoms with van der Waals surface area (Å²) < 4.78 is 81.1. The Labute approximate surface area is 153 Å². The number of hydrogen-bond donors (Lipinski definition) is 0. The maximum absolute atomic E-state index is 13.5. The molecule has 3 aliphatic rings. The molecule has 0 aromatic carbocycles. The van der Waals surface area contributed by atoms with Gasteiger partial charge in [-0.15, -0.1) is 0 Å². The molecule has 7 atom stereocenters. The first-order valence-corrected chi connectivity index (χ1v) is 9.60. The minimum Gasteiger partial charge on any atom is -0.170 e. The fourth-order valence-corrected chi connectivity index (χ4v) is 6.94. The number of halogens is 6. The Morgan fingerprint density at radius 3 is 1.85 bits per heavy atom. The Morgan fingerprint density at radius 2 is 1.38 bits per heavy atom. The molecular weight excluding hydrogens is 354 g/mol. The van der Waals surface area contributed by atoms with Gasteiger partial charge in [-0.3, -0.25) is 0 Å². The topological polar surface area (TPSA) is 0 Å². The van der Waals surface area contributed by atoms with Crippen LogP contribution in [0, 0.1) is 46.8 Å². The summed E-state index contributed by atoms with van der Waals surface area (Å²) in [6, 6.07) is 0. The van der Waals surface area contributed by atoms with Gasteiger partial charge in [-0.25, -0.2) is 0 Å². The third kappa shape index (κ3) is 2.97. The highest BCUT2D eigenvalue weighted by molar-refractivity contribution is 5.09. The van der Waals surface area contributed by atoms with Crippen molar-refractivity contribution in [3.63, 3.8) is 0 Å². The molecule has 0 spiro atoms. The van der Waals surface area contributed by atoms with Gasteiger partial charge in [0.15, 0.2) is 5.41 Å². The molecule has 3 aliphatic carbocycles. The van der Waals surface area contributed by atoms with Crippen LogP contribution in [-0.2, 0) is 0 Å². The zero-order valence-electron chi connectivity index (χ0n) is 15.1. The van der Waals surface area contributed by atoms with Crippen LogP contribution in [0.2, 0.25) is 0 Å². The van der Waals surface area contributed by atoms with E-state index in [1.165, 1.54) is 0 Å². The first-order chi connectivity index (χ1) is 11.5. The molecule has 3 saturated carbocycles. The quantitative estimate of drug-likeness (QED) is 0.439. The largest absolute Gasteiger partial charge is 0.403 e. The summed E-state index contributed by atoms with van der Waals surface area (Å²) >= 11 is 0. The Morgan fingerprint density at radius 1 is 0.808 bits per heavy atom. The highest BCUT2D eigenvalue weighted by atomic mass is 19.4. The second-order valence-corrected chi connectivity index (χ2v) is 8.83. The van der Waals surface area contributed by atoms with Gasteiger partial charge in [-0.1, -0.05) is 34.6 Å². The Hall–Kier alpha value is -0.420. The van der Waals surface area contributed by atoms with Gasteiger partial charge in [0.1, 0.15) is 0 Å². The number of fused-ring (bicyclic) bond motifs is 5. The van der Waals surface area contributed by atoms with Gasteiger partial charge in [0.25, 0.3) is 0 Å². The Kier molecular flexibility index (Phi) is 5.79. The predicted molar refractivity (Wildman–Crippen MR) is 90.4 cm³/mol. The van der Waals surface area contributed by atoms with Gasteiger partial charge in [0.2, 0.25) is 0 Å². The summed E-state index contributed by atoms with van der Waals surface area (Å²) in [6.45, 7) is 5.33. The highest BCUT2D eigenvalue weighted by Crippen LogP contribution is 2.68. The lowest BCUT2D eigenvalue weighted by atomic mass is 9.65. The summed E-state index contributed by atoms with van der Waals surface area (Å²) in [5.74, 6) is 1.87. The molecule has 0 radical (unpaired) electrons. The lowest BCUT2D eigenvalue weighted by Gasteiger charge is -2.42. The van der Waals surface area contributed by atoms with Crippen molar-refractivity contribution in [3.8, 4) is 0 Å². The van der Waals surface area contributed by atoms with Crippen LogP contribution in [0.3, 0.4) is 0 Å². The van der Waals surface area contributed by atoms with E-state index in [-0.39, 0.29) is 13.3 Å². The van der Waals surface area contributed by atoms with Crippen molar-refractivity contribution in [2.45, 2.75) is 79.1 Å². The lowest BCUT2D eigenvalue weighted by molar-refractivity contribution is -0.348. The minimum atomic E-state index is -5.24. The minimum absolute atomic E-state index is 0. The highest BCUT2D eigenvalue weighted by Gasteiger charge is 2.71. The van der Waals surface area contributed by atoms with Gasteiger partial charge in [-0.2, -0.15) is 26.3 Å². The van der Waals surface area contributed by atoms with E-state index in [1.54, 1.807) is 0 Å². The van der Waals surface area contributed by atoms with Crippen LogP contribution in [0.25, 0.3) is 0 Å². The van der Waals surface area contributed by atoms with E-state index in [4.69, 9.17) is 0 Å². The van der Waals surface area contributed by atoms with Gasteiger partial charge >= 0.3 is 12.4 Å². The van der Waals surface area contributed by atoms with Gasteiger partial charge < -0.3 is 0 Å². The van der Waals surface area contributed by atoms with Crippen LogP contribution in [0.4, 0.5) is 26.3 Å². The van der Waals surface area contributed by atoms with Crippen molar-refractivity contribution in [1.29, 1.82) is 0 Å². The lowest BCUT2D eigenvalue weighted by Crippen LogP contribution is -2.51. The molecule has 0 N–H and O–H groups in total. The van der Waals surface area contributed by atoms with Crippen molar-refractivity contribution < 1.29 is 26.3 Å². The van der Waals surface area contributed by atoms with Crippen LogP contribution in [0.15, 0.2) is 0 Å². The molecule has 3 rings (SSSR count). The molecule has 7 unspecified atom stereocenters. The molecule has 6 heteroatoms. The van der Waals surface area contributed by atoms with Crippen LogP contribution in [-0.4, -0.2) is 12.4 Å². The molecule has 0 aromatic rings. The van der Waals surface area contributed by atoms with Crippen molar-refractivity contribution >= 4 is 0 Å². The second-order valence-electron chi connectivity index (χ2n) is 8.83. The number of hydrogen-bond acceptors (Lipinski definition) is 0. The van der Waals surface area contributed by atoms with E-state index in [9.17, 15) is 26.3 Å². The van der Waals surface area contributed by atoms with E-state index in [1.807, 2.05) is 0 Å². The maximum Gasteiger partial charge on any atom is 0.403 e.